The van der Waals surface area contributed by atoms with Crippen molar-refractivity contribution < 1.29 is 8.42 Å². The molecule has 1 heterocycles. The van der Waals surface area contributed by atoms with Gasteiger partial charge in [-0.25, -0.2) is 13.4 Å². The van der Waals surface area contributed by atoms with Crippen LogP contribution in [0.2, 0.25) is 0 Å². The van der Waals surface area contributed by atoms with Crippen molar-refractivity contribution in [2.75, 3.05) is 4.72 Å². The Bertz CT molecular complexity index is 1290. The quantitative estimate of drug-likeness (QED) is 0.471. The molecule has 0 amide bonds. The first-order chi connectivity index (χ1) is 14.5. The maximum Gasteiger partial charge on any atom is 0.262 e. The van der Waals surface area contributed by atoms with Crippen molar-refractivity contribution in [1.82, 2.24) is 9.55 Å². The van der Waals surface area contributed by atoms with E-state index in [-0.39, 0.29) is 0 Å². The van der Waals surface area contributed by atoms with Crippen LogP contribution in [0, 0.1) is 0 Å². The van der Waals surface area contributed by atoms with E-state index >= 15 is 0 Å². The zero-order chi connectivity index (χ0) is 21.1. The minimum absolute atomic E-state index is 0.331. The van der Waals surface area contributed by atoms with Gasteiger partial charge in [0.15, 0.2) is 0 Å². The van der Waals surface area contributed by atoms with E-state index in [1.54, 1.807) is 18.2 Å². The molecule has 0 saturated heterocycles. The van der Waals surface area contributed by atoms with Crippen molar-refractivity contribution >= 4 is 26.7 Å². The molecule has 0 aliphatic heterocycles. The summed E-state index contributed by atoms with van der Waals surface area (Å²) in [5.41, 5.74) is 4.55. The average molecular weight is 420 g/mol. The van der Waals surface area contributed by atoms with Gasteiger partial charge >= 0.3 is 0 Å². The van der Waals surface area contributed by atoms with Crippen molar-refractivity contribution in [2.24, 2.45) is 7.05 Å². The molecule has 1 N–H and O–H groups in total. The first kappa shape index (κ1) is 20.2. The number of rotatable bonds is 7. The van der Waals surface area contributed by atoms with Crippen LogP contribution in [0.5, 0.6) is 0 Å². The smallest absolute Gasteiger partial charge is 0.262 e. The summed E-state index contributed by atoms with van der Waals surface area (Å²) >= 11 is 0. The summed E-state index contributed by atoms with van der Waals surface area (Å²) in [5, 5.41) is 0. The van der Waals surface area contributed by atoms with E-state index in [1.165, 1.54) is 0 Å². The van der Waals surface area contributed by atoms with Crippen molar-refractivity contribution in [2.45, 2.75) is 31.1 Å². The molecule has 0 unspecified atom stereocenters. The molecular formula is C24H25N3O2S. The van der Waals surface area contributed by atoms with Gasteiger partial charge in [-0.15, -0.1) is 0 Å². The summed E-state index contributed by atoms with van der Waals surface area (Å²) < 4.78 is 30.6. The number of imidazole rings is 1. The van der Waals surface area contributed by atoms with Crippen LogP contribution in [-0.2, 0) is 36.3 Å². The third kappa shape index (κ3) is 4.09. The Kier molecular flexibility index (Phi) is 5.59. The van der Waals surface area contributed by atoms with Gasteiger partial charge in [-0.2, -0.15) is 0 Å². The van der Waals surface area contributed by atoms with Gasteiger partial charge in [0.2, 0.25) is 0 Å². The normalized spacial score (nSPS) is 11.7. The number of aromatic nitrogens is 2. The lowest BCUT2D eigenvalue weighted by atomic mass is 10.1. The lowest BCUT2D eigenvalue weighted by Gasteiger charge is -2.12. The zero-order valence-corrected chi connectivity index (χ0v) is 18.0. The van der Waals surface area contributed by atoms with E-state index in [4.69, 9.17) is 4.98 Å². The molecule has 5 nitrogen and oxygen atoms in total. The standard InChI is InChI=1S/C24H25N3O2S/c1-3-19-10-4-7-14-23(19)30(28,29)26-20-11-8-9-18(17-20)15-16-24-25-21-12-5-6-13-22(21)27(24)2/h4-14,17,26H,3,15-16H2,1-2H3. The second kappa shape index (κ2) is 8.32. The first-order valence-corrected chi connectivity index (χ1v) is 11.6. The molecule has 0 atom stereocenters. The van der Waals surface area contributed by atoms with E-state index in [2.05, 4.69) is 15.4 Å². The van der Waals surface area contributed by atoms with Gasteiger partial charge < -0.3 is 4.57 Å². The molecule has 0 saturated carbocycles. The Hall–Kier alpha value is -3.12. The number of nitrogens with one attached hydrogen (secondary N) is 1. The van der Waals surface area contributed by atoms with Crippen LogP contribution in [0.3, 0.4) is 0 Å². The minimum Gasteiger partial charge on any atom is -0.331 e. The molecule has 4 rings (SSSR count). The number of hydrogen-bond donors (Lipinski definition) is 1. The van der Waals surface area contributed by atoms with E-state index in [0.29, 0.717) is 17.0 Å². The van der Waals surface area contributed by atoms with Crippen molar-refractivity contribution in [1.29, 1.82) is 0 Å². The van der Waals surface area contributed by atoms with Crippen molar-refractivity contribution in [3.8, 4) is 0 Å². The molecule has 154 valence electrons. The molecule has 30 heavy (non-hydrogen) atoms. The molecule has 4 aromatic rings. The number of benzene rings is 3. The number of hydrogen-bond acceptors (Lipinski definition) is 3. The number of fused-ring (bicyclic) bond motifs is 1. The monoisotopic (exact) mass is 419 g/mol. The molecular weight excluding hydrogens is 394 g/mol. The highest BCUT2D eigenvalue weighted by Gasteiger charge is 2.17. The maximum atomic E-state index is 12.9. The highest BCUT2D eigenvalue weighted by atomic mass is 32.2. The van der Waals surface area contributed by atoms with Gasteiger partial charge in [-0.05, 0) is 54.3 Å². The fourth-order valence-electron chi connectivity index (χ4n) is 3.73. The Labute approximate surface area is 177 Å². The number of nitrogens with zero attached hydrogens (tertiary/aromatic N) is 2. The van der Waals surface area contributed by atoms with Crippen LogP contribution in [-0.4, -0.2) is 18.0 Å². The topological polar surface area (TPSA) is 64.0 Å². The fourth-order valence-corrected chi connectivity index (χ4v) is 5.10. The summed E-state index contributed by atoms with van der Waals surface area (Å²) in [6.45, 7) is 1.95. The number of anilines is 1. The molecule has 0 bridgehead atoms. The fraction of sp³-hybridized carbons (Fsp3) is 0.208. The first-order valence-electron chi connectivity index (χ1n) is 10.1. The summed E-state index contributed by atoms with van der Waals surface area (Å²) in [6, 6.07) is 22.8. The van der Waals surface area contributed by atoms with Gasteiger partial charge in [0.1, 0.15) is 5.82 Å². The highest BCUT2D eigenvalue weighted by Crippen LogP contribution is 2.22. The highest BCUT2D eigenvalue weighted by molar-refractivity contribution is 7.92. The molecule has 0 fully saturated rings. The molecule has 3 aromatic carbocycles. The Balaban J connectivity index is 1.52. The Morgan fingerprint density at radius 2 is 1.70 bits per heavy atom. The molecule has 0 aliphatic carbocycles. The van der Waals surface area contributed by atoms with Crippen LogP contribution in [0.1, 0.15) is 23.9 Å². The number of sulfonamides is 1. The van der Waals surface area contributed by atoms with Crippen LogP contribution < -0.4 is 4.72 Å². The number of aryl methyl sites for hydroxylation is 4. The van der Waals surface area contributed by atoms with Gasteiger partial charge in [0.25, 0.3) is 10.0 Å². The average Bonchev–Trinajstić information content (AvgIpc) is 3.08. The second-order valence-electron chi connectivity index (χ2n) is 7.34. The maximum absolute atomic E-state index is 12.9. The van der Waals surface area contributed by atoms with E-state index in [0.717, 1.165) is 40.8 Å². The molecule has 6 heteroatoms. The molecule has 0 radical (unpaired) electrons. The Morgan fingerprint density at radius 3 is 2.50 bits per heavy atom. The SMILES string of the molecule is CCc1ccccc1S(=O)(=O)Nc1cccc(CCc2nc3ccccc3n2C)c1. The summed E-state index contributed by atoms with van der Waals surface area (Å²) in [7, 11) is -1.60. The van der Waals surface area contributed by atoms with Gasteiger partial charge in [-0.1, -0.05) is 49.4 Å². The predicted octanol–water partition coefficient (Wildman–Crippen LogP) is 4.72. The van der Waals surface area contributed by atoms with E-state index in [1.807, 2.05) is 62.5 Å². The lowest BCUT2D eigenvalue weighted by Crippen LogP contribution is -2.15. The predicted molar refractivity (Wildman–Crippen MR) is 121 cm³/mol. The largest absolute Gasteiger partial charge is 0.331 e. The summed E-state index contributed by atoms with van der Waals surface area (Å²) in [4.78, 5) is 5.05. The van der Waals surface area contributed by atoms with Crippen molar-refractivity contribution in [3.05, 3.63) is 89.7 Å². The molecule has 0 aliphatic rings. The van der Waals surface area contributed by atoms with E-state index in [9.17, 15) is 8.42 Å². The summed E-state index contributed by atoms with van der Waals surface area (Å²) in [6.07, 6.45) is 2.22. The van der Waals surface area contributed by atoms with Crippen LogP contribution in [0.25, 0.3) is 11.0 Å². The van der Waals surface area contributed by atoms with Gasteiger partial charge in [0, 0.05) is 19.2 Å². The third-order valence-electron chi connectivity index (χ3n) is 5.34. The number of para-hydroxylation sites is 2. The summed E-state index contributed by atoms with van der Waals surface area (Å²) in [5.74, 6) is 1.01. The second-order valence-corrected chi connectivity index (χ2v) is 8.99. The van der Waals surface area contributed by atoms with Crippen LogP contribution >= 0.6 is 0 Å². The lowest BCUT2D eigenvalue weighted by molar-refractivity contribution is 0.600. The molecule has 1 aromatic heterocycles. The van der Waals surface area contributed by atoms with Gasteiger partial charge in [-0.3, -0.25) is 4.72 Å². The third-order valence-corrected chi connectivity index (χ3v) is 6.82. The van der Waals surface area contributed by atoms with Gasteiger partial charge in [0.05, 0.1) is 15.9 Å². The van der Waals surface area contributed by atoms with Crippen molar-refractivity contribution in [3.63, 3.8) is 0 Å². The zero-order valence-electron chi connectivity index (χ0n) is 17.2. The molecule has 0 spiro atoms. The Morgan fingerprint density at radius 1 is 0.933 bits per heavy atom. The van der Waals surface area contributed by atoms with E-state index < -0.39 is 10.0 Å². The van der Waals surface area contributed by atoms with Crippen LogP contribution in [0.15, 0.2) is 77.7 Å². The minimum atomic E-state index is -3.63. The van der Waals surface area contributed by atoms with Crippen LogP contribution in [0.4, 0.5) is 5.69 Å².